The zero-order valence-electron chi connectivity index (χ0n) is 10.4. The molecule has 2 rings (SSSR count). The molecule has 102 valence electrons. The summed E-state index contributed by atoms with van der Waals surface area (Å²) in [6.45, 7) is 1.68. The molecule has 0 aliphatic carbocycles. The van der Waals surface area contributed by atoms with E-state index in [9.17, 15) is 13.5 Å². The van der Waals surface area contributed by atoms with E-state index >= 15 is 0 Å². The molecular weight excluding hydrogens is 268 g/mol. The maximum atomic E-state index is 11.5. The Balaban J connectivity index is 2.35. The molecule has 2 N–H and O–H groups in total. The number of hydrogen-bond donors (Lipinski definition) is 2. The maximum Gasteiger partial charge on any atom is 0.232 e. The second-order valence-electron chi connectivity index (χ2n) is 4.32. The first kappa shape index (κ1) is 13.8. The van der Waals surface area contributed by atoms with Crippen molar-refractivity contribution in [1.29, 1.82) is 5.26 Å². The Kier molecular flexibility index (Phi) is 3.49. The van der Waals surface area contributed by atoms with Gasteiger partial charge in [-0.3, -0.25) is 4.72 Å². The summed E-state index contributed by atoms with van der Waals surface area (Å²) in [6, 6.07) is 6.60. The topological polar surface area (TPSA) is 103 Å². The van der Waals surface area contributed by atoms with Gasteiger partial charge >= 0.3 is 0 Å². The lowest BCUT2D eigenvalue weighted by atomic mass is 9.95. The largest absolute Gasteiger partial charge is 0.393 e. The first-order valence-corrected chi connectivity index (χ1v) is 7.41. The van der Waals surface area contributed by atoms with Gasteiger partial charge in [-0.2, -0.15) is 5.26 Å². The van der Waals surface area contributed by atoms with Gasteiger partial charge in [0.2, 0.25) is 10.0 Å². The van der Waals surface area contributed by atoms with E-state index in [4.69, 9.17) is 10.00 Å². The van der Waals surface area contributed by atoms with Gasteiger partial charge in [-0.15, -0.1) is 0 Å². The number of ether oxygens (including phenoxy) is 1. The molecule has 1 aromatic rings. The summed E-state index contributed by atoms with van der Waals surface area (Å²) in [7, 11) is -3.38. The van der Waals surface area contributed by atoms with E-state index < -0.39 is 15.6 Å². The van der Waals surface area contributed by atoms with Crippen LogP contribution in [0.3, 0.4) is 0 Å². The minimum atomic E-state index is -3.38. The van der Waals surface area contributed by atoms with Crippen LogP contribution >= 0.6 is 0 Å². The number of rotatable bonds is 5. The molecule has 0 radical (unpaired) electrons. The number of aliphatic hydroxyl groups is 1. The van der Waals surface area contributed by atoms with Crippen LogP contribution in [-0.4, -0.2) is 32.5 Å². The van der Waals surface area contributed by atoms with E-state index in [2.05, 4.69) is 4.72 Å². The molecule has 1 aromatic carbocycles. The second-order valence-corrected chi connectivity index (χ2v) is 6.33. The molecule has 1 fully saturated rings. The van der Waals surface area contributed by atoms with Crippen LogP contribution in [0, 0.1) is 11.3 Å². The van der Waals surface area contributed by atoms with E-state index in [0.717, 1.165) is 0 Å². The van der Waals surface area contributed by atoms with E-state index in [0.29, 0.717) is 23.4 Å². The van der Waals surface area contributed by atoms with Gasteiger partial charge in [0.1, 0.15) is 5.60 Å². The van der Waals surface area contributed by atoms with Gasteiger partial charge < -0.3 is 9.84 Å². The molecular formula is C12H14N2O4S. The molecule has 0 bridgehead atoms. The lowest BCUT2D eigenvalue weighted by Gasteiger charge is -2.13. The Morgan fingerprint density at radius 3 is 2.74 bits per heavy atom. The van der Waals surface area contributed by atoms with Crippen LogP contribution in [0.25, 0.3) is 0 Å². The number of aliphatic hydroxyl groups excluding tert-OH is 1. The molecule has 0 aromatic heterocycles. The fourth-order valence-corrected chi connectivity index (χ4v) is 2.40. The van der Waals surface area contributed by atoms with Crippen molar-refractivity contribution in [3.8, 4) is 6.07 Å². The van der Waals surface area contributed by atoms with Gasteiger partial charge in [0.15, 0.2) is 0 Å². The van der Waals surface area contributed by atoms with Gasteiger partial charge in [0, 0.05) is 11.3 Å². The molecule has 0 unspecified atom stereocenters. The van der Waals surface area contributed by atoms with Crippen molar-refractivity contribution < 1.29 is 18.3 Å². The molecule has 0 spiro atoms. The molecule has 1 atom stereocenters. The molecule has 0 amide bonds. The summed E-state index contributed by atoms with van der Waals surface area (Å²) < 4.78 is 30.5. The van der Waals surface area contributed by atoms with Crippen molar-refractivity contribution in [1.82, 2.24) is 0 Å². The number of benzene rings is 1. The van der Waals surface area contributed by atoms with Crippen LogP contribution in [0.2, 0.25) is 0 Å². The predicted octanol–water partition coefficient (Wildman–Crippen LogP) is 0.538. The third-order valence-corrected chi connectivity index (χ3v) is 4.34. The molecule has 1 heterocycles. The predicted molar refractivity (Wildman–Crippen MR) is 69.0 cm³/mol. The van der Waals surface area contributed by atoms with Gasteiger partial charge in [-0.25, -0.2) is 8.42 Å². The first-order chi connectivity index (χ1) is 8.96. The number of nitrogens with zero attached hydrogens (tertiary/aromatic N) is 1. The Labute approximate surface area is 111 Å². The average Bonchev–Trinajstić information content (AvgIpc) is 3.19. The SMILES string of the molecule is CCS(=O)(=O)Nc1ccc([C@@]2(CO)CO2)c(C#N)c1. The number of nitriles is 1. The minimum absolute atomic E-state index is 0.0413. The van der Waals surface area contributed by atoms with Crippen molar-refractivity contribution in [3.63, 3.8) is 0 Å². The highest BCUT2D eigenvalue weighted by Gasteiger charge is 2.47. The lowest BCUT2D eigenvalue weighted by molar-refractivity contribution is 0.172. The zero-order chi connectivity index (χ0) is 14.1. The average molecular weight is 282 g/mol. The monoisotopic (exact) mass is 282 g/mol. The number of anilines is 1. The third-order valence-electron chi connectivity index (χ3n) is 3.03. The highest BCUT2D eigenvalue weighted by Crippen LogP contribution is 2.40. The molecule has 19 heavy (non-hydrogen) atoms. The van der Waals surface area contributed by atoms with Crippen LogP contribution in [0.4, 0.5) is 5.69 Å². The fourth-order valence-electron chi connectivity index (χ4n) is 1.77. The van der Waals surface area contributed by atoms with Gasteiger partial charge in [0.25, 0.3) is 0 Å². The Bertz CT molecular complexity index is 630. The highest BCUT2D eigenvalue weighted by molar-refractivity contribution is 7.92. The Hall–Kier alpha value is -1.62. The van der Waals surface area contributed by atoms with Crippen LogP contribution in [0.1, 0.15) is 18.1 Å². The molecule has 1 saturated heterocycles. The quantitative estimate of drug-likeness (QED) is 0.767. The van der Waals surface area contributed by atoms with E-state index in [-0.39, 0.29) is 12.4 Å². The summed E-state index contributed by atoms with van der Waals surface area (Å²) in [4.78, 5) is 0. The minimum Gasteiger partial charge on any atom is -0.393 e. The number of sulfonamides is 1. The molecule has 1 aliphatic rings. The van der Waals surface area contributed by atoms with Gasteiger partial charge in [0.05, 0.1) is 30.6 Å². The summed E-state index contributed by atoms with van der Waals surface area (Å²) >= 11 is 0. The first-order valence-electron chi connectivity index (χ1n) is 5.76. The Morgan fingerprint density at radius 1 is 1.58 bits per heavy atom. The third kappa shape index (κ3) is 2.71. The van der Waals surface area contributed by atoms with Crippen LogP contribution in [0.15, 0.2) is 18.2 Å². The van der Waals surface area contributed by atoms with Gasteiger partial charge in [-0.05, 0) is 19.1 Å². The summed E-state index contributed by atoms with van der Waals surface area (Å²) in [6.07, 6.45) is 0. The number of epoxide rings is 1. The smallest absolute Gasteiger partial charge is 0.232 e. The highest BCUT2D eigenvalue weighted by atomic mass is 32.2. The van der Waals surface area contributed by atoms with E-state index in [1.807, 2.05) is 6.07 Å². The lowest BCUT2D eigenvalue weighted by Crippen LogP contribution is -2.17. The summed E-state index contributed by atoms with van der Waals surface area (Å²) in [5.74, 6) is -0.0413. The second kappa shape index (κ2) is 4.81. The summed E-state index contributed by atoms with van der Waals surface area (Å²) in [5.41, 5.74) is 0.406. The molecule has 0 saturated carbocycles. The molecule has 1 aliphatic heterocycles. The zero-order valence-corrected chi connectivity index (χ0v) is 11.2. The van der Waals surface area contributed by atoms with Crippen molar-refractivity contribution in [2.24, 2.45) is 0 Å². The number of hydrogen-bond acceptors (Lipinski definition) is 5. The van der Waals surface area contributed by atoms with E-state index in [1.165, 1.54) is 13.0 Å². The Morgan fingerprint density at radius 2 is 2.26 bits per heavy atom. The van der Waals surface area contributed by atoms with Crippen LogP contribution in [-0.2, 0) is 20.4 Å². The van der Waals surface area contributed by atoms with Crippen molar-refractivity contribution in [3.05, 3.63) is 29.3 Å². The van der Waals surface area contributed by atoms with E-state index in [1.54, 1.807) is 12.1 Å². The van der Waals surface area contributed by atoms with Crippen molar-refractivity contribution >= 4 is 15.7 Å². The fraction of sp³-hybridized carbons (Fsp3) is 0.417. The molecule has 7 heteroatoms. The standard InChI is InChI=1S/C12H14N2O4S/c1-2-19(16,17)14-10-3-4-11(9(5-10)6-13)12(7-15)8-18-12/h3-5,14-15H,2,7-8H2,1H3/t12-/m1/s1. The van der Waals surface area contributed by atoms with Crippen molar-refractivity contribution in [2.75, 3.05) is 23.7 Å². The van der Waals surface area contributed by atoms with Crippen LogP contribution in [0.5, 0.6) is 0 Å². The molecule has 6 nitrogen and oxygen atoms in total. The maximum absolute atomic E-state index is 11.5. The number of nitrogens with one attached hydrogen (secondary N) is 1. The van der Waals surface area contributed by atoms with Crippen molar-refractivity contribution in [2.45, 2.75) is 12.5 Å². The van der Waals surface area contributed by atoms with Gasteiger partial charge in [-0.1, -0.05) is 6.07 Å². The summed E-state index contributed by atoms with van der Waals surface area (Å²) in [5, 5.41) is 18.4. The normalized spacial score (nSPS) is 21.7. The van der Waals surface area contributed by atoms with Crippen LogP contribution < -0.4 is 4.72 Å².